The van der Waals surface area contributed by atoms with Crippen molar-refractivity contribution in [1.82, 2.24) is 16.0 Å². The van der Waals surface area contributed by atoms with Crippen LogP contribution in [-0.2, 0) is 19.2 Å². The molecular formula is C13H23N3O4S. The first-order valence-electron chi connectivity index (χ1n) is 6.68. The molecule has 2 amide bonds. The van der Waals surface area contributed by atoms with E-state index in [2.05, 4.69) is 16.0 Å². The highest BCUT2D eigenvalue weighted by Gasteiger charge is 2.19. The molecule has 3 N–H and O–H groups in total. The topological polar surface area (TPSA) is 104 Å². The average Bonchev–Trinajstić information content (AvgIpc) is 2.43. The van der Waals surface area contributed by atoms with Crippen LogP contribution in [0.1, 0.15) is 27.2 Å². The molecule has 0 radical (unpaired) electrons. The molecular weight excluding hydrogens is 294 g/mol. The molecule has 120 valence electrons. The van der Waals surface area contributed by atoms with E-state index in [1.165, 1.54) is 6.92 Å². The summed E-state index contributed by atoms with van der Waals surface area (Å²) in [5, 5.41) is 7.54. The van der Waals surface area contributed by atoms with Crippen molar-refractivity contribution in [2.75, 3.05) is 19.3 Å². The first kappa shape index (κ1) is 19.6. The highest BCUT2D eigenvalue weighted by atomic mass is 32.2. The van der Waals surface area contributed by atoms with Gasteiger partial charge in [-0.3, -0.25) is 19.2 Å². The van der Waals surface area contributed by atoms with Crippen LogP contribution in [0.4, 0.5) is 0 Å². The summed E-state index contributed by atoms with van der Waals surface area (Å²) in [5.74, 6) is -0.278. The molecule has 0 saturated carbocycles. The third kappa shape index (κ3) is 9.19. The van der Waals surface area contributed by atoms with E-state index < -0.39 is 18.0 Å². The first-order valence-corrected chi connectivity index (χ1v) is 7.66. The molecule has 7 nitrogen and oxygen atoms in total. The van der Waals surface area contributed by atoms with Gasteiger partial charge in [0.15, 0.2) is 0 Å². The number of hydrogen-bond acceptors (Lipinski definition) is 6. The Labute approximate surface area is 129 Å². The second kappa shape index (κ2) is 10.3. The fourth-order valence-electron chi connectivity index (χ4n) is 1.21. The normalized spacial score (nSPS) is 13.1. The van der Waals surface area contributed by atoms with Gasteiger partial charge in [0.05, 0.1) is 12.6 Å². The van der Waals surface area contributed by atoms with Crippen LogP contribution in [0.3, 0.4) is 0 Å². The predicted octanol–water partition coefficient (Wildman–Crippen LogP) is -0.546. The van der Waals surface area contributed by atoms with Gasteiger partial charge < -0.3 is 16.0 Å². The number of likely N-dealkylation sites (N-methyl/N-ethyl adjacent to an activating group) is 1. The molecule has 21 heavy (non-hydrogen) atoms. The van der Waals surface area contributed by atoms with Crippen LogP contribution in [0.2, 0.25) is 0 Å². The Morgan fingerprint density at radius 1 is 1.05 bits per heavy atom. The van der Waals surface area contributed by atoms with E-state index in [1.54, 1.807) is 20.9 Å². The van der Waals surface area contributed by atoms with Gasteiger partial charge in [0.25, 0.3) is 0 Å². The smallest absolute Gasteiger partial charge is 0.242 e. The number of Topliss-reactive ketones (excluding diaryl/α,β-unsaturated/α-hetero) is 1. The van der Waals surface area contributed by atoms with Crippen LogP contribution >= 0.6 is 11.8 Å². The van der Waals surface area contributed by atoms with Gasteiger partial charge in [-0.05, 0) is 27.8 Å². The minimum Gasteiger partial charge on any atom is -0.346 e. The number of hydrogen-bond donors (Lipinski definition) is 3. The van der Waals surface area contributed by atoms with E-state index in [0.717, 1.165) is 11.8 Å². The van der Waals surface area contributed by atoms with Gasteiger partial charge in [0.2, 0.25) is 16.9 Å². The highest BCUT2D eigenvalue weighted by Crippen LogP contribution is 2.03. The molecule has 0 bridgehead atoms. The third-order valence-electron chi connectivity index (χ3n) is 2.70. The van der Waals surface area contributed by atoms with Crippen LogP contribution in [0, 0.1) is 0 Å². The molecule has 0 spiro atoms. The fraction of sp³-hybridized carbons (Fsp3) is 0.692. The number of carbonyl (C=O) groups excluding carboxylic acids is 4. The van der Waals surface area contributed by atoms with E-state index in [-0.39, 0.29) is 23.4 Å². The zero-order valence-corrected chi connectivity index (χ0v) is 13.6. The molecule has 0 fully saturated rings. The molecule has 0 aliphatic heterocycles. The van der Waals surface area contributed by atoms with Crippen molar-refractivity contribution in [3.63, 3.8) is 0 Å². The molecule has 8 heteroatoms. The number of amides is 2. The third-order valence-corrected chi connectivity index (χ3v) is 3.58. The van der Waals surface area contributed by atoms with Crippen molar-refractivity contribution >= 4 is 34.5 Å². The summed E-state index contributed by atoms with van der Waals surface area (Å²) in [7, 11) is 1.64. The maximum Gasteiger partial charge on any atom is 0.242 e. The number of thioether (sulfide) groups is 1. The van der Waals surface area contributed by atoms with E-state index in [1.807, 2.05) is 0 Å². The van der Waals surface area contributed by atoms with Gasteiger partial charge >= 0.3 is 0 Å². The van der Waals surface area contributed by atoms with Crippen molar-refractivity contribution in [2.24, 2.45) is 0 Å². The van der Waals surface area contributed by atoms with Crippen LogP contribution in [-0.4, -0.2) is 54.1 Å². The second-order valence-corrected chi connectivity index (χ2v) is 5.78. The molecule has 0 aliphatic rings. The predicted molar refractivity (Wildman–Crippen MR) is 81.9 cm³/mol. The molecule has 2 atom stereocenters. The molecule has 0 aromatic heterocycles. The number of ketones is 1. The maximum absolute atomic E-state index is 11.7. The highest BCUT2D eigenvalue weighted by molar-refractivity contribution is 8.13. The summed E-state index contributed by atoms with van der Waals surface area (Å²) < 4.78 is 0. The quantitative estimate of drug-likeness (QED) is 0.527. The minimum absolute atomic E-state index is 0.0225. The Morgan fingerprint density at radius 3 is 2.19 bits per heavy atom. The lowest BCUT2D eigenvalue weighted by molar-refractivity contribution is -0.129. The van der Waals surface area contributed by atoms with E-state index in [0.29, 0.717) is 12.2 Å². The summed E-state index contributed by atoms with van der Waals surface area (Å²) in [6.45, 7) is 4.56. The van der Waals surface area contributed by atoms with Crippen molar-refractivity contribution in [1.29, 1.82) is 0 Å². The zero-order chi connectivity index (χ0) is 16.4. The molecule has 0 aromatic rings. The molecule has 0 unspecified atom stereocenters. The summed E-state index contributed by atoms with van der Waals surface area (Å²) in [4.78, 5) is 45.5. The molecule has 0 saturated heterocycles. The van der Waals surface area contributed by atoms with E-state index >= 15 is 0 Å². The summed E-state index contributed by atoms with van der Waals surface area (Å²) >= 11 is 1.01. The van der Waals surface area contributed by atoms with Crippen molar-refractivity contribution in [3.05, 3.63) is 0 Å². The van der Waals surface area contributed by atoms with Crippen molar-refractivity contribution < 1.29 is 19.2 Å². The lowest BCUT2D eigenvalue weighted by atomic mass is 10.2. The van der Waals surface area contributed by atoms with Gasteiger partial charge in [-0.25, -0.2) is 0 Å². The molecule has 0 heterocycles. The zero-order valence-electron chi connectivity index (χ0n) is 12.8. The largest absolute Gasteiger partial charge is 0.346 e. The lowest BCUT2D eigenvalue weighted by Gasteiger charge is -2.16. The van der Waals surface area contributed by atoms with Gasteiger partial charge in [-0.2, -0.15) is 0 Å². The summed E-state index contributed by atoms with van der Waals surface area (Å²) in [6.07, 6.45) is 0.332. The number of rotatable bonds is 9. The second-order valence-electron chi connectivity index (χ2n) is 4.63. The van der Waals surface area contributed by atoms with Gasteiger partial charge in [-0.15, -0.1) is 0 Å². The fourth-order valence-corrected chi connectivity index (χ4v) is 2.00. The van der Waals surface area contributed by atoms with Crippen LogP contribution in [0.15, 0.2) is 0 Å². The first-order chi connectivity index (χ1) is 9.77. The molecule has 0 aromatic carbocycles. The Balaban J connectivity index is 3.99. The van der Waals surface area contributed by atoms with Gasteiger partial charge in [-0.1, -0.05) is 11.8 Å². The summed E-state index contributed by atoms with van der Waals surface area (Å²) in [5.41, 5.74) is 0. The van der Waals surface area contributed by atoms with Gasteiger partial charge in [0.1, 0.15) is 11.8 Å². The van der Waals surface area contributed by atoms with Crippen LogP contribution in [0.25, 0.3) is 0 Å². The monoisotopic (exact) mass is 317 g/mol. The van der Waals surface area contributed by atoms with Gasteiger partial charge in [0, 0.05) is 12.2 Å². The van der Waals surface area contributed by atoms with Crippen molar-refractivity contribution in [3.8, 4) is 0 Å². The Hall–Kier alpha value is -1.41. The Kier molecular flexibility index (Phi) is 9.64. The van der Waals surface area contributed by atoms with Crippen LogP contribution < -0.4 is 16.0 Å². The molecule has 0 rings (SSSR count). The Bertz CT molecular complexity index is 401. The summed E-state index contributed by atoms with van der Waals surface area (Å²) in [6, 6.07) is -1.12. The maximum atomic E-state index is 11.7. The lowest BCUT2D eigenvalue weighted by Crippen LogP contribution is -2.50. The standard InChI is InChI=1S/C13H23N3O4S/c1-8(17)5-6-21-11(18)7-15-12(19)10(3)16-13(20)9(2)14-4/h9-10,14H,5-7H2,1-4H3,(H,15,19)(H,16,20)/t9-,10-/m0/s1. The minimum atomic E-state index is -0.719. The Morgan fingerprint density at radius 2 is 1.67 bits per heavy atom. The van der Waals surface area contributed by atoms with Crippen molar-refractivity contribution in [2.45, 2.75) is 39.3 Å². The molecule has 0 aliphatic carbocycles. The van der Waals surface area contributed by atoms with E-state index in [9.17, 15) is 19.2 Å². The number of carbonyl (C=O) groups is 4. The average molecular weight is 317 g/mol. The van der Waals surface area contributed by atoms with Crippen LogP contribution in [0.5, 0.6) is 0 Å². The number of nitrogens with one attached hydrogen (secondary N) is 3. The SMILES string of the molecule is CN[C@@H](C)C(=O)N[C@@H](C)C(=O)NCC(=O)SCCC(C)=O. The van der Waals surface area contributed by atoms with E-state index in [4.69, 9.17) is 0 Å².